The maximum Gasteiger partial charge on any atom is 0.261 e. The first-order valence-corrected chi connectivity index (χ1v) is 9.16. The summed E-state index contributed by atoms with van der Waals surface area (Å²) in [6, 6.07) is 5.00. The van der Waals surface area contributed by atoms with E-state index in [2.05, 4.69) is 22.6 Å². The molecule has 0 saturated carbocycles. The summed E-state index contributed by atoms with van der Waals surface area (Å²) >= 11 is 2.06. The summed E-state index contributed by atoms with van der Waals surface area (Å²) in [7, 11) is -3.38. The van der Waals surface area contributed by atoms with Crippen LogP contribution in [0.2, 0.25) is 0 Å². The molecule has 7 heteroatoms. The molecule has 0 spiro atoms. The fourth-order valence-corrected chi connectivity index (χ4v) is 3.51. The van der Waals surface area contributed by atoms with Crippen LogP contribution >= 0.6 is 22.6 Å². The molecule has 0 bridgehead atoms. The number of fused-ring (bicyclic) bond motifs is 1. The lowest BCUT2D eigenvalue weighted by molar-refractivity contribution is 0.0664. The van der Waals surface area contributed by atoms with E-state index < -0.39 is 26.4 Å². The van der Waals surface area contributed by atoms with Gasteiger partial charge in [-0.15, -0.1) is 0 Å². The second kappa shape index (κ2) is 5.35. The molecule has 1 aliphatic rings. The van der Waals surface area contributed by atoms with Crippen molar-refractivity contribution in [2.24, 2.45) is 0 Å². The van der Waals surface area contributed by atoms with E-state index in [1.54, 1.807) is 39.0 Å². The summed E-state index contributed by atoms with van der Waals surface area (Å²) in [5.74, 6) is -1.06. The molecule has 0 N–H and O–H groups in total. The highest BCUT2D eigenvalue weighted by Gasteiger charge is 2.37. The van der Waals surface area contributed by atoms with Gasteiger partial charge in [0, 0.05) is 10.1 Å². The third kappa shape index (κ3) is 2.98. The third-order valence-electron chi connectivity index (χ3n) is 3.45. The van der Waals surface area contributed by atoms with Crippen LogP contribution in [0.5, 0.6) is 0 Å². The van der Waals surface area contributed by atoms with Crippen LogP contribution in [0.1, 0.15) is 41.5 Å². The highest BCUT2D eigenvalue weighted by atomic mass is 127. The molecular formula is C14H16INO4S. The van der Waals surface area contributed by atoms with E-state index in [1.807, 2.05) is 0 Å². The molecule has 0 aliphatic carbocycles. The quantitative estimate of drug-likeness (QED) is 0.554. The van der Waals surface area contributed by atoms with Gasteiger partial charge in [0.2, 0.25) is 0 Å². The lowest BCUT2D eigenvalue weighted by atomic mass is 10.1. The van der Waals surface area contributed by atoms with Gasteiger partial charge >= 0.3 is 0 Å². The van der Waals surface area contributed by atoms with E-state index in [-0.39, 0.29) is 12.3 Å². The van der Waals surface area contributed by atoms with E-state index in [1.165, 1.54) is 0 Å². The number of hydrogen-bond acceptors (Lipinski definition) is 4. The van der Waals surface area contributed by atoms with Gasteiger partial charge in [-0.3, -0.25) is 14.5 Å². The molecule has 114 valence electrons. The molecule has 2 rings (SSSR count). The second-order valence-corrected chi connectivity index (χ2v) is 9.99. The zero-order valence-corrected chi connectivity index (χ0v) is 15.0. The Kier molecular flexibility index (Phi) is 4.18. The van der Waals surface area contributed by atoms with Crippen molar-refractivity contribution in [3.8, 4) is 0 Å². The van der Waals surface area contributed by atoms with Crippen molar-refractivity contribution in [3.05, 3.63) is 32.9 Å². The Morgan fingerprint density at radius 1 is 1.10 bits per heavy atom. The number of halogens is 1. The van der Waals surface area contributed by atoms with Crippen LogP contribution in [-0.4, -0.2) is 42.2 Å². The first kappa shape index (κ1) is 16.4. The van der Waals surface area contributed by atoms with Gasteiger partial charge in [0.15, 0.2) is 9.84 Å². The first-order valence-electron chi connectivity index (χ1n) is 6.42. The lowest BCUT2D eigenvalue weighted by Gasteiger charge is -2.21. The minimum atomic E-state index is -3.38. The monoisotopic (exact) mass is 421 g/mol. The van der Waals surface area contributed by atoms with Crippen molar-refractivity contribution in [1.29, 1.82) is 0 Å². The number of hydrogen-bond donors (Lipinski definition) is 0. The number of imide groups is 1. The maximum absolute atomic E-state index is 12.2. The Labute approximate surface area is 137 Å². The lowest BCUT2D eigenvalue weighted by Crippen LogP contribution is -2.39. The third-order valence-corrected chi connectivity index (χ3v) is 6.71. The zero-order valence-electron chi connectivity index (χ0n) is 12.0. The molecule has 1 aliphatic heterocycles. The largest absolute Gasteiger partial charge is 0.273 e. The minimum Gasteiger partial charge on any atom is -0.273 e. The van der Waals surface area contributed by atoms with Gasteiger partial charge in [0.25, 0.3) is 11.8 Å². The van der Waals surface area contributed by atoms with E-state index in [0.29, 0.717) is 11.1 Å². The molecule has 1 aromatic rings. The summed E-state index contributed by atoms with van der Waals surface area (Å²) in [5.41, 5.74) is 0.689. The fraction of sp³-hybridized carbons (Fsp3) is 0.429. The summed E-state index contributed by atoms with van der Waals surface area (Å²) in [4.78, 5) is 25.4. The molecule has 1 heterocycles. The number of carbonyl (C=O) groups excluding carboxylic acids is 2. The van der Waals surface area contributed by atoms with Crippen LogP contribution in [0.25, 0.3) is 0 Å². The van der Waals surface area contributed by atoms with Crippen LogP contribution in [0.15, 0.2) is 18.2 Å². The van der Waals surface area contributed by atoms with E-state index in [4.69, 9.17) is 0 Å². The van der Waals surface area contributed by atoms with Crippen molar-refractivity contribution >= 4 is 44.2 Å². The molecular weight excluding hydrogens is 405 g/mol. The predicted molar refractivity (Wildman–Crippen MR) is 88.1 cm³/mol. The van der Waals surface area contributed by atoms with Gasteiger partial charge in [-0.1, -0.05) is 0 Å². The first-order chi connectivity index (χ1) is 9.54. The van der Waals surface area contributed by atoms with Crippen LogP contribution in [-0.2, 0) is 9.84 Å². The van der Waals surface area contributed by atoms with Gasteiger partial charge < -0.3 is 0 Å². The van der Waals surface area contributed by atoms with Crippen molar-refractivity contribution in [3.63, 3.8) is 0 Å². The smallest absolute Gasteiger partial charge is 0.261 e. The molecule has 0 unspecified atom stereocenters. The van der Waals surface area contributed by atoms with Gasteiger partial charge in [-0.05, 0) is 61.6 Å². The maximum atomic E-state index is 12.2. The molecule has 0 fully saturated rings. The van der Waals surface area contributed by atoms with Gasteiger partial charge in [0.05, 0.1) is 21.6 Å². The van der Waals surface area contributed by atoms with Crippen molar-refractivity contribution < 1.29 is 18.0 Å². The number of sulfone groups is 1. The average Bonchev–Trinajstić information content (AvgIpc) is 2.58. The number of rotatable bonds is 3. The Bertz CT molecular complexity index is 719. The predicted octanol–water partition coefficient (Wildman–Crippen LogP) is 2.10. The van der Waals surface area contributed by atoms with Gasteiger partial charge in [-0.25, -0.2) is 8.42 Å². The van der Waals surface area contributed by atoms with Crippen LogP contribution < -0.4 is 0 Å². The Morgan fingerprint density at radius 2 is 1.67 bits per heavy atom. The highest BCUT2D eigenvalue weighted by Crippen LogP contribution is 2.25. The summed E-state index contributed by atoms with van der Waals surface area (Å²) in [6.45, 7) is 4.70. The van der Waals surface area contributed by atoms with E-state index >= 15 is 0 Å². The van der Waals surface area contributed by atoms with Crippen molar-refractivity contribution in [2.75, 3.05) is 12.3 Å². The average molecular weight is 421 g/mol. The molecule has 21 heavy (non-hydrogen) atoms. The summed E-state index contributed by atoms with van der Waals surface area (Å²) < 4.78 is 24.2. The SMILES string of the molecule is CC(C)(C)S(=O)(=O)CCN1C(=O)c2ccc(I)cc2C1=O. The molecule has 1 aromatic carbocycles. The highest BCUT2D eigenvalue weighted by molar-refractivity contribution is 14.1. The molecule has 0 atom stereocenters. The number of benzene rings is 1. The molecule has 0 radical (unpaired) electrons. The van der Waals surface area contributed by atoms with E-state index in [0.717, 1.165) is 8.47 Å². The second-order valence-electron chi connectivity index (χ2n) is 5.88. The van der Waals surface area contributed by atoms with Crippen molar-refractivity contribution in [2.45, 2.75) is 25.5 Å². The number of nitrogens with zero attached hydrogens (tertiary/aromatic N) is 1. The fourth-order valence-electron chi connectivity index (χ4n) is 1.98. The minimum absolute atomic E-state index is 0.109. The standard InChI is InChI=1S/C14H16INO4S/c1-14(2,3)21(19,20)7-6-16-12(17)10-5-4-9(15)8-11(10)13(16)18/h4-5,8H,6-7H2,1-3H3. The number of amides is 2. The molecule has 2 amide bonds. The summed E-state index contributed by atoms with van der Waals surface area (Å²) in [5, 5.41) is 0. The molecule has 0 saturated heterocycles. The van der Waals surface area contributed by atoms with E-state index in [9.17, 15) is 18.0 Å². The molecule has 0 aromatic heterocycles. The van der Waals surface area contributed by atoms with Gasteiger partial charge in [0.1, 0.15) is 0 Å². The van der Waals surface area contributed by atoms with Crippen LogP contribution in [0.3, 0.4) is 0 Å². The summed E-state index contributed by atoms with van der Waals surface area (Å²) in [6.07, 6.45) is 0. The number of carbonyl (C=O) groups is 2. The Balaban J connectivity index is 2.22. The van der Waals surface area contributed by atoms with Crippen molar-refractivity contribution in [1.82, 2.24) is 4.90 Å². The topological polar surface area (TPSA) is 71.5 Å². The Hall–Kier alpha value is -0.960. The normalized spacial score (nSPS) is 15.5. The van der Waals surface area contributed by atoms with Gasteiger partial charge in [-0.2, -0.15) is 0 Å². The zero-order chi connectivity index (χ0) is 16.0. The van der Waals surface area contributed by atoms with Crippen LogP contribution in [0.4, 0.5) is 0 Å². The Morgan fingerprint density at radius 3 is 2.24 bits per heavy atom. The molecule has 5 nitrogen and oxygen atoms in total. The van der Waals surface area contributed by atoms with Crippen LogP contribution in [0, 0.1) is 3.57 Å².